The Hall–Kier alpha value is -0.410. The minimum Gasteiger partial charge on any atom is -0.391 e. The molecule has 68 valence electrons. The van der Waals surface area contributed by atoms with Gasteiger partial charge in [0.05, 0.1) is 22.2 Å². The zero-order chi connectivity index (χ0) is 9.14. The predicted molar refractivity (Wildman–Crippen MR) is 51.5 cm³/mol. The zero-order valence-electron chi connectivity index (χ0n) is 7.79. The van der Waals surface area contributed by atoms with Crippen molar-refractivity contribution in [1.29, 1.82) is 0 Å². The van der Waals surface area contributed by atoms with Gasteiger partial charge in [0.15, 0.2) is 0 Å². The molecule has 1 aromatic heterocycles. The van der Waals surface area contributed by atoms with Gasteiger partial charge in [-0.3, -0.25) is 0 Å². The van der Waals surface area contributed by atoms with Gasteiger partial charge in [-0.05, 0) is 6.42 Å². The Bertz CT molecular complexity index is 234. The van der Waals surface area contributed by atoms with Crippen molar-refractivity contribution in [3.05, 3.63) is 15.6 Å². The van der Waals surface area contributed by atoms with E-state index in [1.165, 1.54) is 0 Å². The molecule has 0 aromatic carbocycles. The van der Waals surface area contributed by atoms with Crippen molar-refractivity contribution in [1.82, 2.24) is 4.98 Å². The smallest absolute Gasteiger partial charge is 0.0957 e. The first-order valence-electron chi connectivity index (χ1n) is 4.28. The van der Waals surface area contributed by atoms with E-state index in [1.807, 2.05) is 0 Å². The summed E-state index contributed by atoms with van der Waals surface area (Å²) in [6.45, 7) is 6.45. The molecular formula is C9H15NOS. The van der Waals surface area contributed by atoms with Gasteiger partial charge in [0.25, 0.3) is 0 Å². The highest BCUT2D eigenvalue weighted by atomic mass is 32.1. The van der Waals surface area contributed by atoms with E-state index in [0.29, 0.717) is 5.92 Å². The van der Waals surface area contributed by atoms with E-state index >= 15 is 0 Å². The largest absolute Gasteiger partial charge is 0.391 e. The molecule has 1 heterocycles. The maximum atomic E-state index is 9.02. The van der Waals surface area contributed by atoms with E-state index in [9.17, 15) is 0 Å². The lowest BCUT2D eigenvalue weighted by Gasteiger charge is -1.95. The second-order valence-corrected chi connectivity index (χ2v) is 4.20. The highest BCUT2D eigenvalue weighted by Crippen LogP contribution is 2.24. The molecule has 0 atom stereocenters. The summed E-state index contributed by atoms with van der Waals surface area (Å²) < 4.78 is 0. The van der Waals surface area contributed by atoms with Crippen LogP contribution in [0.4, 0.5) is 0 Å². The van der Waals surface area contributed by atoms with E-state index in [-0.39, 0.29) is 6.61 Å². The molecule has 3 heteroatoms. The monoisotopic (exact) mass is 185 g/mol. The lowest BCUT2D eigenvalue weighted by molar-refractivity contribution is 0.284. The number of aliphatic hydroxyl groups excluding tert-OH is 1. The van der Waals surface area contributed by atoms with Crippen LogP contribution in [0, 0.1) is 0 Å². The van der Waals surface area contributed by atoms with Gasteiger partial charge < -0.3 is 5.11 Å². The van der Waals surface area contributed by atoms with Gasteiger partial charge in [-0.2, -0.15) is 0 Å². The van der Waals surface area contributed by atoms with Crippen molar-refractivity contribution in [3.63, 3.8) is 0 Å². The molecule has 0 unspecified atom stereocenters. The first-order chi connectivity index (χ1) is 5.69. The van der Waals surface area contributed by atoms with Crippen molar-refractivity contribution >= 4 is 11.3 Å². The molecule has 0 radical (unpaired) electrons. The zero-order valence-corrected chi connectivity index (χ0v) is 8.61. The molecule has 0 aliphatic heterocycles. The number of rotatable bonds is 3. The topological polar surface area (TPSA) is 33.1 Å². The van der Waals surface area contributed by atoms with Gasteiger partial charge in [0.1, 0.15) is 0 Å². The van der Waals surface area contributed by atoms with Crippen LogP contribution < -0.4 is 0 Å². The van der Waals surface area contributed by atoms with Crippen LogP contribution in [-0.2, 0) is 13.0 Å². The normalized spacial score (nSPS) is 11.1. The Balaban J connectivity index is 2.97. The fraction of sp³-hybridized carbons (Fsp3) is 0.667. The van der Waals surface area contributed by atoms with Crippen molar-refractivity contribution in [2.24, 2.45) is 0 Å². The van der Waals surface area contributed by atoms with Crippen LogP contribution in [0.2, 0.25) is 0 Å². The van der Waals surface area contributed by atoms with Gasteiger partial charge in [0.2, 0.25) is 0 Å². The number of aromatic nitrogens is 1. The van der Waals surface area contributed by atoms with Crippen LogP contribution in [-0.4, -0.2) is 10.1 Å². The van der Waals surface area contributed by atoms with Crippen molar-refractivity contribution < 1.29 is 5.11 Å². The van der Waals surface area contributed by atoms with Crippen molar-refractivity contribution in [3.8, 4) is 0 Å². The number of hydrogen-bond acceptors (Lipinski definition) is 3. The van der Waals surface area contributed by atoms with Crippen molar-refractivity contribution in [2.75, 3.05) is 0 Å². The van der Waals surface area contributed by atoms with Crippen LogP contribution in [0.5, 0.6) is 0 Å². The number of aliphatic hydroxyl groups is 1. The molecule has 0 saturated heterocycles. The summed E-state index contributed by atoms with van der Waals surface area (Å²) in [6, 6.07) is 0. The second kappa shape index (κ2) is 4.01. The van der Waals surface area contributed by atoms with Gasteiger partial charge in [-0.15, -0.1) is 11.3 Å². The van der Waals surface area contributed by atoms with Crippen molar-refractivity contribution in [2.45, 2.75) is 39.7 Å². The van der Waals surface area contributed by atoms with E-state index in [0.717, 1.165) is 22.0 Å². The number of nitrogens with zero attached hydrogens (tertiary/aromatic N) is 1. The third kappa shape index (κ3) is 1.84. The SMILES string of the molecule is CCc1nc(C(C)C)sc1CO. The quantitative estimate of drug-likeness (QED) is 0.784. The lowest BCUT2D eigenvalue weighted by atomic mass is 10.2. The van der Waals surface area contributed by atoms with Gasteiger partial charge >= 0.3 is 0 Å². The van der Waals surface area contributed by atoms with E-state index < -0.39 is 0 Å². The first kappa shape index (κ1) is 9.68. The average molecular weight is 185 g/mol. The molecule has 2 nitrogen and oxygen atoms in total. The van der Waals surface area contributed by atoms with E-state index in [1.54, 1.807) is 11.3 Å². The molecular weight excluding hydrogens is 170 g/mol. The molecule has 1 aromatic rings. The number of aryl methyl sites for hydroxylation is 1. The third-order valence-electron chi connectivity index (χ3n) is 1.77. The molecule has 0 spiro atoms. The second-order valence-electron chi connectivity index (χ2n) is 3.09. The van der Waals surface area contributed by atoms with E-state index in [2.05, 4.69) is 25.8 Å². The highest BCUT2D eigenvalue weighted by Gasteiger charge is 2.10. The maximum Gasteiger partial charge on any atom is 0.0957 e. The Morgan fingerprint density at radius 3 is 2.50 bits per heavy atom. The molecule has 0 aliphatic rings. The minimum absolute atomic E-state index is 0.133. The Kier molecular flexibility index (Phi) is 3.23. The number of hydrogen-bond donors (Lipinski definition) is 1. The summed E-state index contributed by atoms with van der Waals surface area (Å²) in [5.41, 5.74) is 1.06. The maximum absolute atomic E-state index is 9.02. The van der Waals surface area contributed by atoms with Crippen LogP contribution in [0.1, 0.15) is 42.3 Å². The molecule has 0 bridgehead atoms. The molecule has 1 N–H and O–H groups in total. The van der Waals surface area contributed by atoms with Crippen LogP contribution in [0.3, 0.4) is 0 Å². The molecule has 0 amide bonds. The molecule has 0 saturated carbocycles. The molecule has 0 fully saturated rings. The van der Waals surface area contributed by atoms with E-state index in [4.69, 9.17) is 5.11 Å². The summed E-state index contributed by atoms with van der Waals surface area (Å²) in [4.78, 5) is 5.49. The summed E-state index contributed by atoms with van der Waals surface area (Å²) in [6.07, 6.45) is 0.916. The van der Waals surface area contributed by atoms with Gasteiger partial charge in [-0.1, -0.05) is 20.8 Å². The third-order valence-corrected chi connectivity index (χ3v) is 3.15. The van der Waals surface area contributed by atoms with Gasteiger partial charge in [-0.25, -0.2) is 4.98 Å². The fourth-order valence-corrected chi connectivity index (χ4v) is 2.07. The number of thiazole rings is 1. The highest BCUT2D eigenvalue weighted by molar-refractivity contribution is 7.11. The standard InChI is InChI=1S/C9H15NOS/c1-4-7-8(5-11)12-9(10-7)6(2)3/h6,11H,4-5H2,1-3H3. The summed E-state index contributed by atoms with van der Waals surface area (Å²) in [5.74, 6) is 0.473. The molecule has 12 heavy (non-hydrogen) atoms. The van der Waals surface area contributed by atoms with Crippen LogP contribution in [0.25, 0.3) is 0 Å². The Morgan fingerprint density at radius 1 is 1.50 bits per heavy atom. The fourth-order valence-electron chi connectivity index (χ4n) is 1.05. The minimum atomic E-state index is 0.133. The molecule has 0 aliphatic carbocycles. The Morgan fingerprint density at radius 2 is 2.17 bits per heavy atom. The van der Waals surface area contributed by atoms with Crippen LogP contribution >= 0.6 is 11.3 Å². The van der Waals surface area contributed by atoms with Gasteiger partial charge in [0, 0.05) is 5.92 Å². The lowest BCUT2D eigenvalue weighted by Crippen LogP contribution is -1.89. The van der Waals surface area contributed by atoms with Crippen LogP contribution in [0.15, 0.2) is 0 Å². The average Bonchev–Trinajstić information content (AvgIpc) is 2.46. The summed E-state index contributed by atoms with van der Waals surface area (Å²) in [5, 5.41) is 10.2. The first-order valence-corrected chi connectivity index (χ1v) is 5.10. The summed E-state index contributed by atoms with van der Waals surface area (Å²) in [7, 11) is 0. The predicted octanol–water partition coefficient (Wildman–Crippen LogP) is 2.32. The molecule has 1 rings (SSSR count). The summed E-state index contributed by atoms with van der Waals surface area (Å²) >= 11 is 1.63. The Labute approximate surface area is 77.3 Å².